The van der Waals surface area contributed by atoms with Gasteiger partial charge in [-0.3, -0.25) is 4.79 Å². The highest BCUT2D eigenvalue weighted by molar-refractivity contribution is 5.91. The van der Waals surface area contributed by atoms with E-state index in [0.717, 1.165) is 17.8 Å². The molecule has 1 aromatic heterocycles. The molecule has 0 unspecified atom stereocenters. The van der Waals surface area contributed by atoms with Crippen molar-refractivity contribution in [1.82, 2.24) is 4.98 Å². The molecule has 1 aliphatic rings. The molecule has 0 radical (unpaired) electrons. The number of nitrogens with one attached hydrogen (secondary N) is 1. The minimum atomic E-state index is -0.475. The van der Waals surface area contributed by atoms with E-state index >= 15 is 0 Å². The molecule has 4 nitrogen and oxygen atoms in total. The molecule has 2 heterocycles. The van der Waals surface area contributed by atoms with Crippen LogP contribution in [0.1, 0.15) is 30.0 Å². The van der Waals surface area contributed by atoms with Crippen LogP contribution in [0.2, 0.25) is 0 Å². The molecule has 2 rings (SSSR count). The first-order chi connectivity index (χ1) is 6.48. The Balaban J connectivity index is 0.00000112. The van der Waals surface area contributed by atoms with E-state index in [9.17, 15) is 4.79 Å². The summed E-state index contributed by atoms with van der Waals surface area (Å²) in [7, 11) is 0. The van der Waals surface area contributed by atoms with Crippen LogP contribution in [0.5, 0.6) is 0 Å². The summed E-state index contributed by atoms with van der Waals surface area (Å²) in [5, 5.41) is 3.33. The van der Waals surface area contributed by atoms with Crippen LogP contribution in [0.15, 0.2) is 12.1 Å². The standard InChI is InChI=1S/C10H13N3O.2ClH/c1-10(2)5-8-6(13-10)3-4-7(12-8)9(11)14;;/h3-4,13H,5H2,1-2H3,(H2,11,14);2*1H. The molecular formula is C10H15Cl2N3O. The van der Waals surface area contributed by atoms with Crippen LogP contribution < -0.4 is 11.1 Å². The highest BCUT2D eigenvalue weighted by atomic mass is 35.5. The Morgan fingerprint density at radius 3 is 2.62 bits per heavy atom. The van der Waals surface area contributed by atoms with E-state index in [2.05, 4.69) is 24.1 Å². The predicted octanol–water partition coefficient (Wildman–Crippen LogP) is 1.77. The fraction of sp³-hybridized carbons (Fsp3) is 0.400. The lowest BCUT2D eigenvalue weighted by Crippen LogP contribution is -2.27. The summed E-state index contributed by atoms with van der Waals surface area (Å²) in [5.74, 6) is -0.475. The van der Waals surface area contributed by atoms with Crippen molar-refractivity contribution in [3.05, 3.63) is 23.5 Å². The number of carbonyl (C=O) groups is 1. The minimum absolute atomic E-state index is 0. The molecule has 0 atom stereocenters. The van der Waals surface area contributed by atoms with Crippen LogP contribution in [0.25, 0.3) is 0 Å². The van der Waals surface area contributed by atoms with Gasteiger partial charge in [-0.05, 0) is 26.0 Å². The fourth-order valence-electron chi connectivity index (χ4n) is 1.71. The van der Waals surface area contributed by atoms with Crippen molar-refractivity contribution in [2.24, 2.45) is 5.73 Å². The maximum atomic E-state index is 10.9. The summed E-state index contributed by atoms with van der Waals surface area (Å²) in [5.41, 5.74) is 7.43. The molecule has 1 amide bonds. The number of amides is 1. The van der Waals surface area contributed by atoms with Crippen molar-refractivity contribution in [1.29, 1.82) is 0 Å². The van der Waals surface area contributed by atoms with Crippen molar-refractivity contribution in [3.8, 4) is 0 Å². The van der Waals surface area contributed by atoms with Crippen LogP contribution in [-0.2, 0) is 6.42 Å². The molecule has 16 heavy (non-hydrogen) atoms. The van der Waals surface area contributed by atoms with Gasteiger partial charge in [0.15, 0.2) is 0 Å². The summed E-state index contributed by atoms with van der Waals surface area (Å²) in [4.78, 5) is 15.1. The lowest BCUT2D eigenvalue weighted by atomic mass is 10.0. The number of aromatic nitrogens is 1. The summed E-state index contributed by atoms with van der Waals surface area (Å²) in [6.45, 7) is 4.19. The van der Waals surface area contributed by atoms with Crippen LogP contribution in [0, 0.1) is 0 Å². The zero-order chi connectivity index (χ0) is 10.3. The van der Waals surface area contributed by atoms with Crippen molar-refractivity contribution in [2.75, 3.05) is 5.32 Å². The quantitative estimate of drug-likeness (QED) is 0.812. The lowest BCUT2D eigenvalue weighted by molar-refractivity contribution is 0.0995. The Kier molecular flexibility index (Phi) is 4.58. The van der Waals surface area contributed by atoms with Gasteiger partial charge < -0.3 is 11.1 Å². The molecule has 0 saturated heterocycles. The monoisotopic (exact) mass is 263 g/mol. The van der Waals surface area contributed by atoms with E-state index in [1.165, 1.54) is 0 Å². The number of nitrogens with zero attached hydrogens (tertiary/aromatic N) is 1. The Labute approximate surface area is 107 Å². The maximum absolute atomic E-state index is 10.9. The van der Waals surface area contributed by atoms with Gasteiger partial charge in [-0.15, -0.1) is 24.8 Å². The largest absolute Gasteiger partial charge is 0.378 e. The van der Waals surface area contributed by atoms with E-state index in [1.807, 2.05) is 6.07 Å². The van der Waals surface area contributed by atoms with Crippen LogP contribution in [0.4, 0.5) is 5.69 Å². The van der Waals surface area contributed by atoms with Crippen LogP contribution in [-0.4, -0.2) is 16.4 Å². The second-order valence-electron chi connectivity index (χ2n) is 4.24. The normalized spacial score (nSPS) is 15.1. The van der Waals surface area contributed by atoms with Gasteiger partial charge >= 0.3 is 0 Å². The van der Waals surface area contributed by atoms with Gasteiger partial charge in [0.1, 0.15) is 5.69 Å². The summed E-state index contributed by atoms with van der Waals surface area (Å²) < 4.78 is 0. The highest BCUT2D eigenvalue weighted by Gasteiger charge is 2.28. The van der Waals surface area contributed by atoms with Crippen molar-refractivity contribution in [2.45, 2.75) is 25.8 Å². The van der Waals surface area contributed by atoms with E-state index < -0.39 is 5.91 Å². The SMILES string of the molecule is CC1(C)Cc2nc(C(N)=O)ccc2N1.Cl.Cl. The lowest BCUT2D eigenvalue weighted by Gasteiger charge is -2.17. The van der Waals surface area contributed by atoms with Crippen molar-refractivity contribution in [3.63, 3.8) is 0 Å². The maximum Gasteiger partial charge on any atom is 0.267 e. The molecule has 0 saturated carbocycles. The topological polar surface area (TPSA) is 68.0 Å². The molecule has 0 spiro atoms. The van der Waals surface area contributed by atoms with Crippen molar-refractivity contribution < 1.29 is 4.79 Å². The van der Waals surface area contributed by atoms with Gasteiger partial charge in [-0.25, -0.2) is 4.98 Å². The smallest absolute Gasteiger partial charge is 0.267 e. The Hall–Kier alpha value is -1.000. The number of rotatable bonds is 1. The number of hydrogen-bond acceptors (Lipinski definition) is 3. The van der Waals surface area contributed by atoms with Crippen molar-refractivity contribution >= 4 is 36.4 Å². The molecule has 0 fully saturated rings. The second kappa shape index (κ2) is 4.89. The molecule has 90 valence electrons. The predicted molar refractivity (Wildman–Crippen MR) is 68.7 cm³/mol. The molecule has 0 aliphatic carbocycles. The third-order valence-corrected chi connectivity index (χ3v) is 2.31. The van der Waals surface area contributed by atoms with Crippen LogP contribution >= 0.6 is 24.8 Å². The summed E-state index contributed by atoms with van der Waals surface area (Å²) >= 11 is 0. The zero-order valence-electron chi connectivity index (χ0n) is 9.11. The third-order valence-electron chi connectivity index (χ3n) is 2.31. The van der Waals surface area contributed by atoms with Gasteiger partial charge in [0.25, 0.3) is 5.91 Å². The summed E-state index contributed by atoms with van der Waals surface area (Å²) in [6.07, 6.45) is 0.823. The Bertz CT molecular complexity index is 407. The Morgan fingerprint density at radius 1 is 1.44 bits per heavy atom. The number of halogens is 2. The number of anilines is 1. The first-order valence-corrected chi connectivity index (χ1v) is 4.56. The molecule has 0 aromatic carbocycles. The molecule has 3 N–H and O–H groups in total. The fourth-order valence-corrected chi connectivity index (χ4v) is 1.71. The number of pyridine rings is 1. The second-order valence-corrected chi connectivity index (χ2v) is 4.24. The van der Waals surface area contributed by atoms with E-state index in [1.54, 1.807) is 6.07 Å². The zero-order valence-corrected chi connectivity index (χ0v) is 10.7. The first-order valence-electron chi connectivity index (χ1n) is 4.56. The minimum Gasteiger partial charge on any atom is -0.378 e. The van der Waals surface area contributed by atoms with Gasteiger partial charge in [0, 0.05) is 12.0 Å². The number of primary amides is 1. The van der Waals surface area contributed by atoms with Gasteiger partial charge in [0.2, 0.25) is 0 Å². The van der Waals surface area contributed by atoms with Gasteiger partial charge in [-0.1, -0.05) is 0 Å². The number of carbonyl (C=O) groups excluding carboxylic acids is 1. The van der Waals surface area contributed by atoms with E-state index in [-0.39, 0.29) is 30.4 Å². The molecule has 0 bridgehead atoms. The van der Waals surface area contributed by atoms with Gasteiger partial charge in [-0.2, -0.15) is 0 Å². The molecule has 6 heteroatoms. The first kappa shape index (κ1) is 15.0. The average molecular weight is 264 g/mol. The molecule has 1 aliphatic heterocycles. The van der Waals surface area contributed by atoms with Gasteiger partial charge in [0.05, 0.1) is 11.4 Å². The van der Waals surface area contributed by atoms with E-state index in [4.69, 9.17) is 5.73 Å². The molecule has 1 aromatic rings. The third kappa shape index (κ3) is 2.77. The average Bonchev–Trinajstić information content (AvgIpc) is 2.36. The number of fused-ring (bicyclic) bond motifs is 1. The number of hydrogen-bond donors (Lipinski definition) is 2. The van der Waals surface area contributed by atoms with E-state index in [0.29, 0.717) is 5.69 Å². The van der Waals surface area contributed by atoms with Crippen LogP contribution in [0.3, 0.4) is 0 Å². The highest BCUT2D eigenvalue weighted by Crippen LogP contribution is 2.30. The molecular weight excluding hydrogens is 249 g/mol. The Morgan fingerprint density at radius 2 is 2.06 bits per heavy atom. The number of nitrogens with two attached hydrogens (primary N) is 1. The summed E-state index contributed by atoms with van der Waals surface area (Å²) in [6, 6.07) is 3.51.